The molecule has 0 spiro atoms. The van der Waals surface area contributed by atoms with Gasteiger partial charge in [0.15, 0.2) is 0 Å². The average molecular weight is 288 g/mol. The Labute approximate surface area is 126 Å². The molecule has 0 aromatic heterocycles. The highest BCUT2D eigenvalue weighted by molar-refractivity contribution is 5.85. The topological polar surface area (TPSA) is 27.7 Å². The van der Waals surface area contributed by atoms with E-state index in [1.54, 1.807) is 7.11 Å². The van der Waals surface area contributed by atoms with Crippen molar-refractivity contribution in [1.29, 1.82) is 0 Å². The lowest BCUT2D eigenvalue weighted by Crippen LogP contribution is -2.03. The van der Waals surface area contributed by atoms with Gasteiger partial charge < -0.3 is 14.2 Å². The maximum atomic E-state index is 5.78. The predicted molar refractivity (Wildman–Crippen MR) is 86.3 cm³/mol. The van der Waals surface area contributed by atoms with Gasteiger partial charge in [-0.2, -0.15) is 0 Å². The Hall–Kier alpha value is -1.74. The Bertz CT molecular complexity index is 551. The second-order valence-corrected chi connectivity index (χ2v) is 5.07. The van der Waals surface area contributed by atoms with E-state index < -0.39 is 0 Å². The van der Waals surface area contributed by atoms with Crippen LogP contribution in [0.1, 0.15) is 26.2 Å². The summed E-state index contributed by atoms with van der Waals surface area (Å²) in [7, 11) is 1.67. The Balaban J connectivity index is 1.98. The van der Waals surface area contributed by atoms with Crippen LogP contribution in [-0.4, -0.2) is 26.9 Å². The molecule has 3 nitrogen and oxygen atoms in total. The minimum Gasteiger partial charge on any atom is -0.494 e. The van der Waals surface area contributed by atoms with Gasteiger partial charge in [0.05, 0.1) is 13.2 Å². The predicted octanol–water partition coefficient (Wildman–Crippen LogP) is 4.43. The molecule has 3 heteroatoms. The van der Waals surface area contributed by atoms with Crippen LogP contribution in [0.3, 0.4) is 0 Å². The molecule has 0 aliphatic rings. The summed E-state index contributed by atoms with van der Waals surface area (Å²) in [5, 5.41) is 2.33. The van der Waals surface area contributed by atoms with Gasteiger partial charge in [0.1, 0.15) is 18.1 Å². The minimum atomic E-state index is 0.570. The zero-order valence-corrected chi connectivity index (χ0v) is 12.9. The molecule has 0 unspecified atom stereocenters. The highest BCUT2D eigenvalue weighted by Crippen LogP contribution is 2.25. The van der Waals surface area contributed by atoms with E-state index >= 15 is 0 Å². The second-order valence-electron chi connectivity index (χ2n) is 5.07. The van der Waals surface area contributed by atoms with Crippen LogP contribution < -0.4 is 9.47 Å². The molecule has 2 aromatic carbocycles. The van der Waals surface area contributed by atoms with E-state index in [-0.39, 0.29) is 0 Å². The van der Waals surface area contributed by atoms with Crippen molar-refractivity contribution in [2.45, 2.75) is 26.2 Å². The Morgan fingerprint density at radius 1 is 0.762 bits per heavy atom. The van der Waals surface area contributed by atoms with Crippen molar-refractivity contribution in [2.24, 2.45) is 0 Å². The quantitative estimate of drug-likeness (QED) is 0.639. The normalized spacial score (nSPS) is 10.8. The van der Waals surface area contributed by atoms with Crippen LogP contribution in [0, 0.1) is 0 Å². The van der Waals surface area contributed by atoms with Crippen LogP contribution in [0.25, 0.3) is 10.8 Å². The Kier molecular flexibility index (Phi) is 6.35. The Morgan fingerprint density at radius 2 is 1.38 bits per heavy atom. The van der Waals surface area contributed by atoms with Crippen molar-refractivity contribution in [3.8, 4) is 11.5 Å². The molecular formula is C18H24O3. The molecule has 2 aromatic rings. The summed E-state index contributed by atoms with van der Waals surface area (Å²) in [6.07, 6.45) is 3.55. The number of hydrogen-bond donors (Lipinski definition) is 0. The molecule has 0 aliphatic carbocycles. The maximum Gasteiger partial charge on any atom is 0.120 e. The fourth-order valence-corrected chi connectivity index (χ4v) is 2.17. The molecule has 0 aliphatic heterocycles. The van der Waals surface area contributed by atoms with Crippen LogP contribution in [0.15, 0.2) is 36.4 Å². The molecule has 0 saturated carbocycles. The van der Waals surface area contributed by atoms with Crippen LogP contribution in [0.4, 0.5) is 0 Å². The molecule has 2 rings (SSSR count). The van der Waals surface area contributed by atoms with Gasteiger partial charge in [0, 0.05) is 7.11 Å². The highest BCUT2D eigenvalue weighted by atomic mass is 16.5. The SMILES string of the molecule is CCCCCOc1ccc2cc(OCCOC)ccc2c1. The smallest absolute Gasteiger partial charge is 0.120 e. The van der Waals surface area contributed by atoms with Gasteiger partial charge in [-0.15, -0.1) is 0 Å². The van der Waals surface area contributed by atoms with Crippen molar-refractivity contribution >= 4 is 10.8 Å². The van der Waals surface area contributed by atoms with E-state index in [1.807, 2.05) is 18.2 Å². The van der Waals surface area contributed by atoms with Gasteiger partial charge in [-0.25, -0.2) is 0 Å². The van der Waals surface area contributed by atoms with Gasteiger partial charge in [0.2, 0.25) is 0 Å². The third-order valence-corrected chi connectivity index (χ3v) is 3.36. The molecule has 0 N–H and O–H groups in total. The summed E-state index contributed by atoms with van der Waals surface area (Å²) in [5.74, 6) is 1.81. The van der Waals surface area contributed by atoms with Crippen LogP contribution >= 0.6 is 0 Å². The number of methoxy groups -OCH3 is 1. The first kappa shape index (κ1) is 15.6. The monoisotopic (exact) mass is 288 g/mol. The summed E-state index contributed by atoms with van der Waals surface area (Å²) in [6.45, 7) is 4.16. The van der Waals surface area contributed by atoms with E-state index in [0.717, 1.165) is 29.9 Å². The summed E-state index contributed by atoms with van der Waals surface area (Å²) < 4.78 is 16.4. The van der Waals surface area contributed by atoms with E-state index in [0.29, 0.717) is 13.2 Å². The fraction of sp³-hybridized carbons (Fsp3) is 0.444. The zero-order chi connectivity index (χ0) is 14.9. The van der Waals surface area contributed by atoms with Crippen molar-refractivity contribution in [2.75, 3.05) is 26.9 Å². The lowest BCUT2D eigenvalue weighted by molar-refractivity contribution is 0.146. The van der Waals surface area contributed by atoms with Crippen LogP contribution in [0.5, 0.6) is 11.5 Å². The minimum absolute atomic E-state index is 0.570. The van der Waals surface area contributed by atoms with Gasteiger partial charge in [-0.1, -0.05) is 31.9 Å². The number of ether oxygens (including phenoxy) is 3. The molecule has 0 atom stereocenters. The molecule has 0 bridgehead atoms. The fourth-order valence-electron chi connectivity index (χ4n) is 2.17. The number of unbranched alkanes of at least 4 members (excludes halogenated alkanes) is 2. The van der Waals surface area contributed by atoms with Gasteiger partial charge in [0.25, 0.3) is 0 Å². The summed E-state index contributed by atoms with van der Waals surface area (Å²) in [5.41, 5.74) is 0. The summed E-state index contributed by atoms with van der Waals surface area (Å²) in [6, 6.07) is 12.3. The molecule has 0 heterocycles. The number of rotatable bonds is 9. The van der Waals surface area contributed by atoms with E-state index in [1.165, 1.54) is 18.2 Å². The molecule has 114 valence electrons. The van der Waals surface area contributed by atoms with Crippen molar-refractivity contribution in [1.82, 2.24) is 0 Å². The highest BCUT2D eigenvalue weighted by Gasteiger charge is 2.00. The largest absolute Gasteiger partial charge is 0.494 e. The van der Waals surface area contributed by atoms with Gasteiger partial charge in [-0.3, -0.25) is 0 Å². The number of benzene rings is 2. The zero-order valence-electron chi connectivity index (χ0n) is 12.9. The standard InChI is InChI=1S/C18H24O3/c1-3-4-5-10-20-17-8-6-16-14-18(21-12-11-19-2)9-7-15(16)13-17/h6-9,13-14H,3-5,10-12H2,1-2H3. The number of hydrogen-bond acceptors (Lipinski definition) is 3. The molecule has 0 radical (unpaired) electrons. The van der Waals surface area contributed by atoms with Gasteiger partial charge >= 0.3 is 0 Å². The van der Waals surface area contributed by atoms with E-state index in [4.69, 9.17) is 14.2 Å². The van der Waals surface area contributed by atoms with E-state index in [2.05, 4.69) is 25.1 Å². The summed E-state index contributed by atoms with van der Waals surface area (Å²) in [4.78, 5) is 0. The number of fused-ring (bicyclic) bond motifs is 1. The molecular weight excluding hydrogens is 264 g/mol. The lowest BCUT2D eigenvalue weighted by Gasteiger charge is -2.09. The maximum absolute atomic E-state index is 5.78. The molecule has 21 heavy (non-hydrogen) atoms. The summed E-state index contributed by atoms with van der Waals surface area (Å²) >= 11 is 0. The van der Waals surface area contributed by atoms with E-state index in [9.17, 15) is 0 Å². The van der Waals surface area contributed by atoms with Gasteiger partial charge in [-0.05, 0) is 41.5 Å². The molecule has 0 amide bonds. The Morgan fingerprint density at radius 3 is 1.95 bits per heavy atom. The van der Waals surface area contributed by atoms with Crippen LogP contribution in [-0.2, 0) is 4.74 Å². The first-order chi connectivity index (χ1) is 10.3. The molecule has 0 fully saturated rings. The second kappa shape index (κ2) is 8.53. The van der Waals surface area contributed by atoms with Crippen molar-refractivity contribution in [3.63, 3.8) is 0 Å². The molecule has 0 saturated heterocycles. The third-order valence-electron chi connectivity index (χ3n) is 3.36. The first-order valence-corrected chi connectivity index (χ1v) is 7.62. The first-order valence-electron chi connectivity index (χ1n) is 7.62. The van der Waals surface area contributed by atoms with Crippen LogP contribution in [0.2, 0.25) is 0 Å². The van der Waals surface area contributed by atoms with Crippen molar-refractivity contribution < 1.29 is 14.2 Å². The average Bonchev–Trinajstić information content (AvgIpc) is 2.52. The third kappa shape index (κ3) is 4.94. The lowest BCUT2D eigenvalue weighted by atomic mass is 10.1. The van der Waals surface area contributed by atoms with Crippen molar-refractivity contribution in [3.05, 3.63) is 36.4 Å².